The highest BCUT2D eigenvalue weighted by Gasteiger charge is 2.38. The highest BCUT2D eigenvalue weighted by molar-refractivity contribution is 7.89. The highest BCUT2D eigenvalue weighted by atomic mass is 35.5. The zero-order valence-corrected chi connectivity index (χ0v) is 13.9. The minimum absolute atomic E-state index is 0.0904. The summed E-state index contributed by atoms with van der Waals surface area (Å²) in [6.07, 6.45) is 1.83. The summed E-state index contributed by atoms with van der Waals surface area (Å²) in [7, 11) is -3.50. The van der Waals surface area contributed by atoms with Gasteiger partial charge < -0.3 is 0 Å². The molecule has 0 unspecified atom stereocenters. The largest absolute Gasteiger partial charge is 0.245 e. The van der Waals surface area contributed by atoms with Crippen molar-refractivity contribution < 1.29 is 8.42 Å². The molecule has 2 aromatic rings. The van der Waals surface area contributed by atoms with Gasteiger partial charge in [-0.25, -0.2) is 13.4 Å². The SMILES string of the molecule is Cc1nc(CN(C2CC2)S(=O)(=O)c2ccc(Cl)cc2)cs1. The normalized spacial score (nSPS) is 15.6. The lowest BCUT2D eigenvalue weighted by Gasteiger charge is -2.21. The molecule has 0 spiro atoms. The van der Waals surface area contributed by atoms with Gasteiger partial charge in [0.1, 0.15) is 0 Å². The zero-order chi connectivity index (χ0) is 15.0. The average molecular weight is 343 g/mol. The number of nitrogens with zero attached hydrogens (tertiary/aromatic N) is 2. The van der Waals surface area contributed by atoms with E-state index in [2.05, 4.69) is 4.98 Å². The van der Waals surface area contributed by atoms with Crippen LogP contribution < -0.4 is 0 Å². The van der Waals surface area contributed by atoms with Crippen molar-refractivity contribution in [2.24, 2.45) is 0 Å². The van der Waals surface area contributed by atoms with E-state index in [1.165, 1.54) is 11.3 Å². The van der Waals surface area contributed by atoms with E-state index >= 15 is 0 Å². The lowest BCUT2D eigenvalue weighted by Crippen LogP contribution is -2.32. The number of thiazole rings is 1. The maximum Gasteiger partial charge on any atom is 0.243 e. The van der Waals surface area contributed by atoms with Gasteiger partial charge in [-0.2, -0.15) is 4.31 Å². The maximum absolute atomic E-state index is 12.8. The van der Waals surface area contributed by atoms with E-state index in [4.69, 9.17) is 11.6 Å². The van der Waals surface area contributed by atoms with Crippen LogP contribution in [0, 0.1) is 6.92 Å². The van der Waals surface area contributed by atoms with Gasteiger partial charge in [-0.3, -0.25) is 0 Å². The van der Waals surface area contributed by atoms with E-state index in [-0.39, 0.29) is 10.9 Å². The van der Waals surface area contributed by atoms with Gasteiger partial charge >= 0.3 is 0 Å². The molecule has 1 heterocycles. The molecule has 21 heavy (non-hydrogen) atoms. The van der Waals surface area contributed by atoms with Crippen molar-refractivity contribution in [1.29, 1.82) is 0 Å². The van der Waals surface area contributed by atoms with Gasteiger partial charge in [-0.1, -0.05) is 11.6 Å². The minimum Gasteiger partial charge on any atom is -0.245 e. The number of hydrogen-bond acceptors (Lipinski definition) is 4. The fraction of sp³-hybridized carbons (Fsp3) is 0.357. The Kier molecular flexibility index (Phi) is 4.05. The number of sulfonamides is 1. The fourth-order valence-electron chi connectivity index (χ4n) is 2.16. The third-order valence-corrected chi connectivity index (χ3v) is 6.35. The summed E-state index contributed by atoms with van der Waals surface area (Å²) >= 11 is 7.37. The smallest absolute Gasteiger partial charge is 0.243 e. The van der Waals surface area contributed by atoms with Crippen molar-refractivity contribution >= 4 is 33.0 Å². The second kappa shape index (κ2) is 5.68. The molecule has 0 aliphatic heterocycles. The van der Waals surface area contributed by atoms with Gasteiger partial charge in [0.25, 0.3) is 0 Å². The molecule has 3 rings (SSSR count). The molecule has 4 nitrogen and oxygen atoms in total. The van der Waals surface area contributed by atoms with E-state index in [1.807, 2.05) is 12.3 Å². The van der Waals surface area contributed by atoms with E-state index in [1.54, 1.807) is 28.6 Å². The average Bonchev–Trinajstić information content (AvgIpc) is 3.19. The third-order valence-electron chi connectivity index (χ3n) is 3.36. The predicted molar refractivity (Wildman–Crippen MR) is 84.1 cm³/mol. The number of benzene rings is 1. The number of rotatable bonds is 5. The van der Waals surface area contributed by atoms with Crippen LogP contribution in [0.15, 0.2) is 34.5 Å². The molecule has 1 saturated carbocycles. The van der Waals surface area contributed by atoms with Crippen LogP contribution in [0.5, 0.6) is 0 Å². The van der Waals surface area contributed by atoms with Crippen LogP contribution in [0.3, 0.4) is 0 Å². The van der Waals surface area contributed by atoms with E-state index < -0.39 is 10.0 Å². The van der Waals surface area contributed by atoms with Crippen molar-refractivity contribution in [3.8, 4) is 0 Å². The molecular weight excluding hydrogens is 328 g/mol. The monoisotopic (exact) mass is 342 g/mol. The third kappa shape index (κ3) is 3.29. The van der Waals surface area contributed by atoms with Crippen LogP contribution in [0.4, 0.5) is 0 Å². The standard InChI is InChI=1S/C14H15ClN2O2S2/c1-10-16-12(9-20-10)8-17(13-4-5-13)21(18,19)14-6-2-11(15)3-7-14/h2-3,6-7,9,13H,4-5,8H2,1H3. The molecule has 0 saturated heterocycles. The highest BCUT2D eigenvalue weighted by Crippen LogP contribution is 2.33. The molecule has 0 N–H and O–H groups in total. The quantitative estimate of drug-likeness (QED) is 0.836. The number of hydrogen-bond donors (Lipinski definition) is 0. The Hall–Kier alpha value is -0.950. The van der Waals surface area contributed by atoms with E-state index in [0.717, 1.165) is 23.5 Å². The molecule has 0 atom stereocenters. The molecule has 0 bridgehead atoms. The molecule has 112 valence electrons. The van der Waals surface area contributed by atoms with Crippen molar-refractivity contribution in [2.75, 3.05) is 0 Å². The lowest BCUT2D eigenvalue weighted by atomic mass is 10.4. The van der Waals surface area contributed by atoms with Gasteiger partial charge in [-0.15, -0.1) is 11.3 Å². The number of halogens is 1. The first kappa shape index (κ1) is 15.0. The lowest BCUT2D eigenvalue weighted by molar-refractivity contribution is 0.395. The van der Waals surface area contributed by atoms with Crippen molar-refractivity contribution in [3.05, 3.63) is 45.4 Å². The summed E-state index contributed by atoms with van der Waals surface area (Å²) in [5.41, 5.74) is 0.807. The second-order valence-corrected chi connectivity index (χ2v) is 8.48. The molecule has 1 aromatic heterocycles. The Balaban J connectivity index is 1.90. The predicted octanol–water partition coefficient (Wildman–Crippen LogP) is 3.46. The molecule has 0 radical (unpaired) electrons. The van der Waals surface area contributed by atoms with E-state index in [0.29, 0.717) is 11.6 Å². The number of aryl methyl sites for hydroxylation is 1. The van der Waals surface area contributed by atoms with Crippen LogP contribution in [-0.2, 0) is 16.6 Å². The Morgan fingerprint density at radius 3 is 2.52 bits per heavy atom. The van der Waals surface area contributed by atoms with Gasteiger partial charge in [0.15, 0.2) is 0 Å². The van der Waals surface area contributed by atoms with Gasteiger partial charge in [-0.05, 0) is 44.0 Å². The summed E-state index contributed by atoms with van der Waals surface area (Å²) in [6.45, 7) is 2.25. The van der Waals surface area contributed by atoms with Gasteiger partial charge in [0.05, 0.1) is 22.1 Å². The van der Waals surface area contributed by atoms with Crippen molar-refractivity contribution in [1.82, 2.24) is 9.29 Å². The fourth-order valence-corrected chi connectivity index (χ4v) is 4.54. The Bertz CT molecular complexity index is 737. The minimum atomic E-state index is -3.50. The zero-order valence-electron chi connectivity index (χ0n) is 11.5. The van der Waals surface area contributed by atoms with Crippen LogP contribution >= 0.6 is 22.9 Å². The molecule has 1 fully saturated rings. The summed E-state index contributed by atoms with van der Waals surface area (Å²) in [5.74, 6) is 0. The Labute approximate surface area is 133 Å². The second-order valence-electron chi connectivity index (χ2n) is 5.09. The van der Waals surface area contributed by atoms with Crippen molar-refractivity contribution in [3.63, 3.8) is 0 Å². The molecule has 7 heteroatoms. The first-order chi connectivity index (χ1) is 9.96. The maximum atomic E-state index is 12.8. The molecule has 1 aliphatic carbocycles. The van der Waals surface area contributed by atoms with Gasteiger partial charge in [0.2, 0.25) is 10.0 Å². The van der Waals surface area contributed by atoms with Crippen LogP contribution in [0.2, 0.25) is 5.02 Å². The first-order valence-electron chi connectivity index (χ1n) is 6.65. The summed E-state index contributed by atoms with van der Waals surface area (Å²) < 4.78 is 27.1. The molecular formula is C14H15ClN2O2S2. The van der Waals surface area contributed by atoms with Crippen LogP contribution in [0.1, 0.15) is 23.5 Å². The Morgan fingerprint density at radius 1 is 1.33 bits per heavy atom. The number of aromatic nitrogens is 1. The topological polar surface area (TPSA) is 50.3 Å². The molecule has 1 aliphatic rings. The van der Waals surface area contributed by atoms with E-state index in [9.17, 15) is 8.42 Å². The molecule has 1 aromatic carbocycles. The van der Waals surface area contributed by atoms with Gasteiger partial charge in [0, 0.05) is 16.4 Å². The van der Waals surface area contributed by atoms with Crippen molar-refractivity contribution in [2.45, 2.75) is 37.2 Å². The first-order valence-corrected chi connectivity index (χ1v) is 9.35. The summed E-state index contributed by atoms with van der Waals surface area (Å²) in [5, 5.41) is 3.40. The van der Waals surface area contributed by atoms with Crippen LogP contribution in [-0.4, -0.2) is 23.7 Å². The van der Waals surface area contributed by atoms with Crippen LogP contribution in [0.25, 0.3) is 0 Å². The molecule has 0 amide bonds. The summed E-state index contributed by atoms with van der Waals surface area (Å²) in [4.78, 5) is 4.66. The summed E-state index contributed by atoms with van der Waals surface area (Å²) in [6, 6.07) is 6.41. The Morgan fingerprint density at radius 2 is 2.00 bits per heavy atom.